The molecule has 0 aliphatic heterocycles. The van der Waals surface area contributed by atoms with Gasteiger partial charge in [-0.3, -0.25) is 4.90 Å². The van der Waals surface area contributed by atoms with Gasteiger partial charge in [0.15, 0.2) is 0 Å². The second kappa shape index (κ2) is 6.88. The second-order valence-electron chi connectivity index (χ2n) is 7.28. The molecule has 0 amide bonds. The second-order valence-corrected chi connectivity index (χ2v) is 7.28. The van der Waals surface area contributed by atoms with Gasteiger partial charge in [-0.1, -0.05) is 39.5 Å². The Balaban J connectivity index is 1.97. The highest BCUT2D eigenvalue weighted by Gasteiger charge is 2.37. The van der Waals surface area contributed by atoms with Crippen molar-refractivity contribution in [2.75, 3.05) is 13.1 Å². The lowest BCUT2D eigenvalue weighted by Gasteiger charge is -2.36. The van der Waals surface area contributed by atoms with Crippen molar-refractivity contribution in [3.05, 3.63) is 0 Å². The third-order valence-electron chi connectivity index (χ3n) is 5.20. The summed E-state index contributed by atoms with van der Waals surface area (Å²) in [5.41, 5.74) is -0.000427. The molecule has 0 radical (unpaired) electrons. The Labute approximate surface area is 118 Å². The molecule has 0 bridgehead atoms. The molecule has 0 aromatic rings. The Morgan fingerprint density at radius 2 is 1.79 bits per heavy atom. The molecular formula is C17H31NO. The van der Waals surface area contributed by atoms with Gasteiger partial charge in [-0.05, 0) is 44.6 Å². The van der Waals surface area contributed by atoms with Gasteiger partial charge in [0.2, 0.25) is 0 Å². The molecule has 2 nitrogen and oxygen atoms in total. The van der Waals surface area contributed by atoms with E-state index >= 15 is 0 Å². The number of carbonyl (C=O) groups is 1. The predicted molar refractivity (Wildman–Crippen MR) is 80.2 cm³/mol. The monoisotopic (exact) mass is 265 g/mol. The molecule has 2 fully saturated rings. The first-order valence-electron chi connectivity index (χ1n) is 8.36. The zero-order valence-electron chi connectivity index (χ0n) is 12.9. The number of rotatable bonds is 7. The molecule has 2 heteroatoms. The molecule has 19 heavy (non-hydrogen) atoms. The van der Waals surface area contributed by atoms with Crippen LogP contribution in [-0.2, 0) is 4.79 Å². The van der Waals surface area contributed by atoms with Crippen LogP contribution in [0.1, 0.15) is 71.6 Å². The molecule has 0 spiro atoms. The quantitative estimate of drug-likeness (QED) is 0.648. The summed E-state index contributed by atoms with van der Waals surface area (Å²) in [6.07, 6.45) is 12.8. The molecule has 0 aromatic heterocycles. The van der Waals surface area contributed by atoms with Crippen molar-refractivity contribution in [2.24, 2.45) is 11.3 Å². The Morgan fingerprint density at radius 1 is 1.16 bits per heavy atom. The average Bonchev–Trinajstić information content (AvgIpc) is 3.06. The highest BCUT2D eigenvalue weighted by Crippen LogP contribution is 2.38. The van der Waals surface area contributed by atoms with E-state index in [4.69, 9.17) is 0 Å². The van der Waals surface area contributed by atoms with E-state index in [-0.39, 0.29) is 5.41 Å². The Morgan fingerprint density at radius 3 is 2.32 bits per heavy atom. The Bertz CT molecular complexity index is 275. The van der Waals surface area contributed by atoms with E-state index in [0.717, 1.165) is 31.3 Å². The minimum Gasteiger partial charge on any atom is -0.303 e. The van der Waals surface area contributed by atoms with Crippen LogP contribution < -0.4 is 0 Å². The molecule has 2 saturated carbocycles. The van der Waals surface area contributed by atoms with Crippen LogP contribution in [0.3, 0.4) is 0 Å². The van der Waals surface area contributed by atoms with Gasteiger partial charge in [0.05, 0.1) is 0 Å². The summed E-state index contributed by atoms with van der Waals surface area (Å²) < 4.78 is 0. The van der Waals surface area contributed by atoms with E-state index in [1.807, 2.05) is 0 Å². The lowest BCUT2D eigenvalue weighted by Crippen LogP contribution is -2.43. The summed E-state index contributed by atoms with van der Waals surface area (Å²) in [5.74, 6) is 0.764. The molecule has 0 unspecified atom stereocenters. The van der Waals surface area contributed by atoms with Crippen molar-refractivity contribution in [1.29, 1.82) is 0 Å². The van der Waals surface area contributed by atoms with Crippen LogP contribution in [-0.4, -0.2) is 30.3 Å². The maximum atomic E-state index is 11.6. The minimum atomic E-state index is -0.000427. The van der Waals surface area contributed by atoms with E-state index in [9.17, 15) is 4.79 Å². The highest BCUT2D eigenvalue weighted by molar-refractivity contribution is 5.60. The van der Waals surface area contributed by atoms with E-state index in [1.54, 1.807) is 0 Å². The van der Waals surface area contributed by atoms with Crippen molar-refractivity contribution in [2.45, 2.75) is 77.7 Å². The number of aldehydes is 1. The van der Waals surface area contributed by atoms with Crippen molar-refractivity contribution in [1.82, 2.24) is 4.90 Å². The van der Waals surface area contributed by atoms with Crippen molar-refractivity contribution >= 4 is 6.29 Å². The van der Waals surface area contributed by atoms with Gasteiger partial charge in [-0.2, -0.15) is 0 Å². The van der Waals surface area contributed by atoms with E-state index < -0.39 is 0 Å². The van der Waals surface area contributed by atoms with Gasteiger partial charge < -0.3 is 4.79 Å². The number of carbonyl (C=O) groups excluding carboxylic acids is 1. The lowest BCUT2D eigenvalue weighted by molar-refractivity contribution is -0.117. The largest absolute Gasteiger partial charge is 0.303 e. The summed E-state index contributed by atoms with van der Waals surface area (Å²) >= 11 is 0. The van der Waals surface area contributed by atoms with Gasteiger partial charge in [0.1, 0.15) is 6.29 Å². The van der Waals surface area contributed by atoms with Gasteiger partial charge in [0, 0.05) is 18.0 Å². The Hall–Kier alpha value is -0.370. The maximum absolute atomic E-state index is 11.6. The highest BCUT2D eigenvalue weighted by atomic mass is 16.1. The van der Waals surface area contributed by atoms with E-state index in [2.05, 4.69) is 18.7 Å². The molecule has 0 N–H and O–H groups in total. The fourth-order valence-electron chi connectivity index (χ4n) is 3.88. The van der Waals surface area contributed by atoms with Crippen LogP contribution in [0.15, 0.2) is 0 Å². The summed E-state index contributed by atoms with van der Waals surface area (Å²) in [4.78, 5) is 14.3. The van der Waals surface area contributed by atoms with Crippen LogP contribution in [0.2, 0.25) is 0 Å². The van der Waals surface area contributed by atoms with Crippen molar-refractivity contribution < 1.29 is 4.79 Å². The van der Waals surface area contributed by atoms with Gasteiger partial charge in [-0.25, -0.2) is 0 Å². The molecule has 0 heterocycles. The van der Waals surface area contributed by atoms with E-state index in [1.165, 1.54) is 57.8 Å². The van der Waals surface area contributed by atoms with Gasteiger partial charge >= 0.3 is 0 Å². The summed E-state index contributed by atoms with van der Waals surface area (Å²) in [6, 6.07) is 0.760. The zero-order chi connectivity index (χ0) is 13.7. The van der Waals surface area contributed by atoms with Crippen molar-refractivity contribution in [3.63, 3.8) is 0 Å². The smallest absolute Gasteiger partial charge is 0.127 e. The first-order valence-corrected chi connectivity index (χ1v) is 8.36. The van der Waals surface area contributed by atoms with Crippen molar-refractivity contribution in [3.8, 4) is 0 Å². The summed E-state index contributed by atoms with van der Waals surface area (Å²) in [7, 11) is 0. The molecule has 0 aromatic carbocycles. The fourth-order valence-corrected chi connectivity index (χ4v) is 3.88. The number of hydrogen-bond donors (Lipinski definition) is 0. The lowest BCUT2D eigenvalue weighted by atomic mass is 9.86. The third kappa shape index (κ3) is 4.05. The van der Waals surface area contributed by atoms with Crippen LogP contribution in [0, 0.1) is 11.3 Å². The van der Waals surface area contributed by atoms with Crippen LogP contribution in [0.5, 0.6) is 0 Å². The first kappa shape index (κ1) is 15.0. The molecule has 0 atom stereocenters. The predicted octanol–water partition coefficient (Wildman–Crippen LogP) is 4.04. The molecular weight excluding hydrogens is 234 g/mol. The van der Waals surface area contributed by atoms with Gasteiger partial charge in [-0.15, -0.1) is 0 Å². The molecule has 110 valence electrons. The molecule has 0 saturated heterocycles. The van der Waals surface area contributed by atoms with Gasteiger partial charge in [0.25, 0.3) is 0 Å². The minimum absolute atomic E-state index is 0.000427. The average molecular weight is 265 g/mol. The molecule has 2 aliphatic rings. The van der Waals surface area contributed by atoms with Crippen LogP contribution in [0.4, 0.5) is 0 Å². The molecule has 2 aliphatic carbocycles. The van der Waals surface area contributed by atoms with Crippen LogP contribution >= 0.6 is 0 Å². The fraction of sp³-hybridized carbons (Fsp3) is 0.941. The first-order chi connectivity index (χ1) is 9.15. The summed E-state index contributed by atoms with van der Waals surface area (Å²) in [5, 5.41) is 0. The number of nitrogens with zero attached hydrogens (tertiary/aromatic N) is 1. The zero-order valence-corrected chi connectivity index (χ0v) is 12.9. The standard InChI is InChI=1S/C17H31NO/c1-15(2)9-12-18(16-7-3-4-8-16)13-17(14-19)10-5-6-11-17/h14-16H,3-13H2,1-2H3. The topological polar surface area (TPSA) is 20.3 Å². The third-order valence-corrected chi connectivity index (χ3v) is 5.20. The normalized spacial score (nSPS) is 23.6. The van der Waals surface area contributed by atoms with E-state index in [0.29, 0.717) is 0 Å². The SMILES string of the molecule is CC(C)CCN(CC1(C=O)CCCC1)C1CCCC1. The maximum Gasteiger partial charge on any atom is 0.127 e. The summed E-state index contributed by atoms with van der Waals surface area (Å²) in [6.45, 7) is 6.83. The number of hydrogen-bond acceptors (Lipinski definition) is 2. The Kier molecular flexibility index (Phi) is 5.44. The van der Waals surface area contributed by atoms with Crippen LogP contribution in [0.25, 0.3) is 0 Å². The molecule has 2 rings (SSSR count).